The molecule has 2 nitrogen and oxygen atoms in total. The molecule has 1 aromatic carbocycles. The number of nitrogen functional groups attached to an aromatic ring is 1. The van der Waals surface area contributed by atoms with Crippen molar-refractivity contribution in [3.8, 4) is 0 Å². The lowest BCUT2D eigenvalue weighted by molar-refractivity contribution is 0.616. The fraction of sp³-hybridized carbons (Fsp3) is 0.385. The van der Waals surface area contributed by atoms with Crippen molar-refractivity contribution < 1.29 is 0 Å². The fourth-order valence-electron chi connectivity index (χ4n) is 1.97. The summed E-state index contributed by atoms with van der Waals surface area (Å²) < 4.78 is 2.29. The Labute approximate surface area is 90.7 Å². The van der Waals surface area contributed by atoms with E-state index >= 15 is 0 Å². The summed E-state index contributed by atoms with van der Waals surface area (Å²) in [6.45, 7) is 3.33. The zero-order valence-electron chi connectivity index (χ0n) is 9.24. The van der Waals surface area contributed by atoms with E-state index in [0.717, 1.165) is 12.2 Å². The average molecular weight is 202 g/mol. The first-order valence-electron chi connectivity index (χ1n) is 5.66. The third-order valence-electron chi connectivity index (χ3n) is 2.85. The summed E-state index contributed by atoms with van der Waals surface area (Å²) in [6, 6.07) is 8.22. The van der Waals surface area contributed by atoms with Crippen LogP contribution in [0.2, 0.25) is 0 Å². The van der Waals surface area contributed by atoms with Gasteiger partial charge in [0, 0.05) is 23.8 Å². The molecule has 2 rings (SSSR count). The van der Waals surface area contributed by atoms with Gasteiger partial charge in [-0.05, 0) is 24.6 Å². The maximum absolute atomic E-state index is 5.91. The predicted molar refractivity (Wildman–Crippen MR) is 65.9 cm³/mol. The van der Waals surface area contributed by atoms with Crippen LogP contribution in [-0.2, 0) is 6.54 Å². The third kappa shape index (κ3) is 1.99. The van der Waals surface area contributed by atoms with Gasteiger partial charge in [0.05, 0.1) is 5.52 Å². The highest BCUT2D eigenvalue weighted by atomic mass is 14.9. The van der Waals surface area contributed by atoms with Crippen LogP contribution in [0.3, 0.4) is 0 Å². The minimum absolute atomic E-state index is 0.877. The van der Waals surface area contributed by atoms with E-state index in [1.54, 1.807) is 0 Å². The smallest absolute Gasteiger partial charge is 0.0501 e. The van der Waals surface area contributed by atoms with E-state index < -0.39 is 0 Å². The van der Waals surface area contributed by atoms with Crippen molar-refractivity contribution in [3.63, 3.8) is 0 Å². The normalized spacial score (nSPS) is 11.0. The number of hydrogen-bond acceptors (Lipinski definition) is 1. The van der Waals surface area contributed by atoms with Crippen molar-refractivity contribution in [1.29, 1.82) is 0 Å². The van der Waals surface area contributed by atoms with Gasteiger partial charge in [-0.1, -0.05) is 25.8 Å². The van der Waals surface area contributed by atoms with Gasteiger partial charge in [-0.2, -0.15) is 0 Å². The number of benzene rings is 1. The van der Waals surface area contributed by atoms with Crippen LogP contribution < -0.4 is 5.73 Å². The molecular weight excluding hydrogens is 184 g/mol. The van der Waals surface area contributed by atoms with Crippen LogP contribution in [0.4, 0.5) is 5.69 Å². The summed E-state index contributed by atoms with van der Waals surface area (Å²) in [4.78, 5) is 0. The molecule has 2 N–H and O–H groups in total. The minimum Gasteiger partial charge on any atom is -0.398 e. The van der Waals surface area contributed by atoms with Gasteiger partial charge in [-0.25, -0.2) is 0 Å². The zero-order valence-corrected chi connectivity index (χ0v) is 9.24. The maximum atomic E-state index is 5.91. The molecule has 2 heteroatoms. The fourth-order valence-corrected chi connectivity index (χ4v) is 1.97. The molecule has 0 unspecified atom stereocenters. The molecule has 0 aliphatic heterocycles. The van der Waals surface area contributed by atoms with E-state index in [4.69, 9.17) is 5.73 Å². The van der Waals surface area contributed by atoms with E-state index in [9.17, 15) is 0 Å². The first-order chi connectivity index (χ1) is 7.33. The Kier molecular flexibility index (Phi) is 2.95. The van der Waals surface area contributed by atoms with E-state index in [1.807, 2.05) is 12.1 Å². The molecule has 0 spiro atoms. The van der Waals surface area contributed by atoms with Crippen LogP contribution in [0.15, 0.2) is 30.5 Å². The zero-order chi connectivity index (χ0) is 10.7. The summed E-state index contributed by atoms with van der Waals surface area (Å²) in [7, 11) is 0. The van der Waals surface area contributed by atoms with Gasteiger partial charge in [-0.15, -0.1) is 0 Å². The molecule has 0 fully saturated rings. The number of nitrogens with zero attached hydrogens (tertiary/aromatic N) is 1. The standard InChI is InChI=1S/C13H18N2/c1-2-3-4-9-15-10-8-11-12(14)6-5-7-13(11)15/h5-8,10H,2-4,9,14H2,1H3. The van der Waals surface area contributed by atoms with E-state index in [0.29, 0.717) is 0 Å². The van der Waals surface area contributed by atoms with Crippen molar-refractivity contribution >= 4 is 16.6 Å². The Hall–Kier alpha value is -1.44. The summed E-state index contributed by atoms with van der Waals surface area (Å²) in [5.41, 5.74) is 8.04. The summed E-state index contributed by atoms with van der Waals surface area (Å²) >= 11 is 0. The molecule has 0 amide bonds. The molecule has 1 heterocycles. The number of aryl methyl sites for hydroxylation is 1. The SMILES string of the molecule is CCCCCn1ccc2c(N)cccc21. The lowest BCUT2D eigenvalue weighted by atomic mass is 10.2. The number of rotatable bonds is 4. The van der Waals surface area contributed by atoms with Crippen molar-refractivity contribution in [2.24, 2.45) is 0 Å². The summed E-state index contributed by atoms with van der Waals surface area (Å²) in [6.07, 6.45) is 5.94. The molecule has 80 valence electrons. The monoisotopic (exact) mass is 202 g/mol. The summed E-state index contributed by atoms with van der Waals surface area (Å²) in [5.74, 6) is 0. The van der Waals surface area contributed by atoms with E-state index in [2.05, 4.69) is 29.8 Å². The van der Waals surface area contributed by atoms with Gasteiger partial charge >= 0.3 is 0 Å². The Morgan fingerprint density at radius 3 is 2.87 bits per heavy atom. The van der Waals surface area contributed by atoms with Gasteiger partial charge in [0.15, 0.2) is 0 Å². The van der Waals surface area contributed by atoms with E-state index in [-0.39, 0.29) is 0 Å². The van der Waals surface area contributed by atoms with Gasteiger partial charge in [-0.3, -0.25) is 0 Å². The van der Waals surface area contributed by atoms with Crippen LogP contribution in [0.25, 0.3) is 10.9 Å². The Morgan fingerprint density at radius 1 is 1.20 bits per heavy atom. The lowest BCUT2D eigenvalue weighted by Crippen LogP contribution is -1.96. The molecule has 0 saturated carbocycles. The van der Waals surface area contributed by atoms with Crippen molar-refractivity contribution in [3.05, 3.63) is 30.5 Å². The average Bonchev–Trinajstić information content (AvgIpc) is 2.64. The molecule has 0 radical (unpaired) electrons. The molecule has 2 aromatic rings. The third-order valence-corrected chi connectivity index (χ3v) is 2.85. The number of aromatic nitrogens is 1. The molecule has 1 aromatic heterocycles. The number of unbranched alkanes of at least 4 members (excludes halogenated alkanes) is 2. The number of hydrogen-bond donors (Lipinski definition) is 1. The Bertz CT molecular complexity index is 443. The molecule has 15 heavy (non-hydrogen) atoms. The second-order valence-electron chi connectivity index (χ2n) is 4.00. The Balaban J connectivity index is 2.25. The number of anilines is 1. The van der Waals surface area contributed by atoms with Crippen LogP contribution in [-0.4, -0.2) is 4.57 Å². The molecule has 0 saturated heterocycles. The first kappa shape index (κ1) is 10.1. The highest BCUT2D eigenvalue weighted by Crippen LogP contribution is 2.22. The summed E-state index contributed by atoms with van der Waals surface area (Å²) in [5, 5.41) is 1.17. The van der Waals surface area contributed by atoms with Crippen LogP contribution in [0.1, 0.15) is 26.2 Å². The molecule has 0 aliphatic rings. The molecule has 0 aliphatic carbocycles. The molecular formula is C13H18N2. The minimum atomic E-state index is 0.877. The maximum Gasteiger partial charge on any atom is 0.0501 e. The number of nitrogens with two attached hydrogens (primary N) is 1. The Morgan fingerprint density at radius 2 is 2.07 bits per heavy atom. The van der Waals surface area contributed by atoms with Crippen molar-refractivity contribution in [1.82, 2.24) is 4.57 Å². The van der Waals surface area contributed by atoms with Gasteiger partial charge in [0.1, 0.15) is 0 Å². The van der Waals surface area contributed by atoms with E-state index in [1.165, 1.54) is 30.2 Å². The molecule has 0 atom stereocenters. The largest absolute Gasteiger partial charge is 0.398 e. The highest BCUT2D eigenvalue weighted by Gasteiger charge is 2.02. The predicted octanol–water partition coefficient (Wildman–Crippen LogP) is 3.41. The number of fused-ring (bicyclic) bond motifs is 1. The molecule has 0 bridgehead atoms. The van der Waals surface area contributed by atoms with Crippen LogP contribution in [0.5, 0.6) is 0 Å². The van der Waals surface area contributed by atoms with Crippen molar-refractivity contribution in [2.75, 3.05) is 5.73 Å². The lowest BCUT2D eigenvalue weighted by Gasteiger charge is -2.05. The first-order valence-corrected chi connectivity index (χ1v) is 5.66. The topological polar surface area (TPSA) is 30.9 Å². The van der Waals surface area contributed by atoms with Gasteiger partial charge in [0.25, 0.3) is 0 Å². The second-order valence-corrected chi connectivity index (χ2v) is 4.00. The highest BCUT2D eigenvalue weighted by molar-refractivity contribution is 5.91. The van der Waals surface area contributed by atoms with Gasteiger partial charge < -0.3 is 10.3 Å². The van der Waals surface area contributed by atoms with Crippen LogP contribution in [0, 0.1) is 0 Å². The van der Waals surface area contributed by atoms with Gasteiger partial charge in [0.2, 0.25) is 0 Å². The van der Waals surface area contributed by atoms with Crippen LogP contribution >= 0.6 is 0 Å². The quantitative estimate of drug-likeness (QED) is 0.597. The van der Waals surface area contributed by atoms with Crippen molar-refractivity contribution in [2.45, 2.75) is 32.7 Å². The second kappa shape index (κ2) is 4.39.